The van der Waals surface area contributed by atoms with Crippen molar-refractivity contribution in [3.63, 3.8) is 0 Å². The molecule has 1 aliphatic rings. The van der Waals surface area contributed by atoms with E-state index in [4.69, 9.17) is 0 Å². The van der Waals surface area contributed by atoms with Crippen molar-refractivity contribution < 1.29 is 22.8 Å². The van der Waals surface area contributed by atoms with Gasteiger partial charge in [0.1, 0.15) is 5.69 Å². The zero-order chi connectivity index (χ0) is 22.1. The molecule has 1 saturated heterocycles. The number of alkyl halides is 3. The molecule has 2 heterocycles. The maximum atomic E-state index is 13.1. The van der Waals surface area contributed by atoms with Crippen LogP contribution in [0.25, 0.3) is 0 Å². The molecule has 160 valence electrons. The van der Waals surface area contributed by atoms with Gasteiger partial charge in [0.2, 0.25) is 0 Å². The fourth-order valence-corrected chi connectivity index (χ4v) is 3.64. The Morgan fingerprint density at radius 2 is 1.97 bits per heavy atom. The highest BCUT2D eigenvalue weighted by Crippen LogP contribution is 2.31. The van der Waals surface area contributed by atoms with Crippen molar-refractivity contribution in [1.29, 1.82) is 0 Å². The standard InChI is InChI=1S/C22H24F3N3O2/c1-14(2)9-18-12-27(17-7-8-20(26-11-17)22(23,24)25)21(30)28(18)13-19(29)16-6-4-5-15(3)10-16/h4-8,10-11,14,18H,9,12-13H2,1-3H3/t18-/m0/s1. The smallest absolute Gasteiger partial charge is 0.312 e. The van der Waals surface area contributed by atoms with E-state index in [1.165, 1.54) is 15.9 Å². The average molecular weight is 419 g/mol. The van der Waals surface area contributed by atoms with Crippen molar-refractivity contribution >= 4 is 17.5 Å². The molecule has 3 rings (SSSR count). The summed E-state index contributed by atoms with van der Waals surface area (Å²) in [6, 6.07) is 8.66. The molecular formula is C22H24F3N3O2. The minimum absolute atomic E-state index is 0.0791. The van der Waals surface area contributed by atoms with Crippen molar-refractivity contribution in [2.45, 2.75) is 39.4 Å². The summed E-state index contributed by atoms with van der Waals surface area (Å²) in [5, 5.41) is 0. The molecule has 0 N–H and O–H groups in total. The van der Waals surface area contributed by atoms with Gasteiger partial charge in [-0.15, -0.1) is 0 Å². The van der Waals surface area contributed by atoms with Gasteiger partial charge in [0.05, 0.1) is 24.5 Å². The van der Waals surface area contributed by atoms with Gasteiger partial charge in [-0.2, -0.15) is 13.2 Å². The fourth-order valence-electron chi connectivity index (χ4n) is 3.64. The highest BCUT2D eigenvalue weighted by atomic mass is 19.4. The van der Waals surface area contributed by atoms with E-state index in [1.807, 2.05) is 26.8 Å². The van der Waals surface area contributed by atoms with Crippen LogP contribution in [0.3, 0.4) is 0 Å². The van der Waals surface area contributed by atoms with Crippen molar-refractivity contribution in [3.05, 3.63) is 59.4 Å². The molecule has 0 bridgehead atoms. The second-order valence-corrected chi connectivity index (χ2v) is 8.00. The molecule has 0 radical (unpaired) electrons. The predicted octanol–water partition coefficient (Wildman–Crippen LogP) is 4.95. The summed E-state index contributed by atoms with van der Waals surface area (Å²) in [6.07, 6.45) is -2.81. The Balaban J connectivity index is 1.83. The van der Waals surface area contributed by atoms with Crippen molar-refractivity contribution in [1.82, 2.24) is 9.88 Å². The van der Waals surface area contributed by atoms with E-state index in [0.717, 1.165) is 17.8 Å². The topological polar surface area (TPSA) is 53.5 Å². The zero-order valence-corrected chi connectivity index (χ0v) is 17.1. The Labute approximate surface area is 173 Å². The third-order valence-corrected chi connectivity index (χ3v) is 5.06. The summed E-state index contributed by atoms with van der Waals surface area (Å²) >= 11 is 0. The van der Waals surface area contributed by atoms with Crippen molar-refractivity contribution in [2.75, 3.05) is 18.0 Å². The van der Waals surface area contributed by atoms with Gasteiger partial charge >= 0.3 is 12.2 Å². The number of pyridine rings is 1. The number of hydrogen-bond donors (Lipinski definition) is 0. The van der Waals surface area contributed by atoms with Crippen LogP contribution in [0.4, 0.5) is 23.7 Å². The van der Waals surface area contributed by atoms with Crippen LogP contribution in [0.2, 0.25) is 0 Å². The van der Waals surface area contributed by atoms with Crippen LogP contribution in [-0.2, 0) is 6.18 Å². The number of aryl methyl sites for hydroxylation is 1. The summed E-state index contributed by atoms with van der Waals surface area (Å²) < 4.78 is 38.4. The van der Waals surface area contributed by atoms with E-state index in [9.17, 15) is 22.8 Å². The maximum absolute atomic E-state index is 13.1. The number of aromatic nitrogens is 1. The van der Waals surface area contributed by atoms with Crippen LogP contribution in [0.5, 0.6) is 0 Å². The van der Waals surface area contributed by atoms with Crippen LogP contribution in [0.1, 0.15) is 41.9 Å². The Morgan fingerprint density at radius 1 is 1.23 bits per heavy atom. The first-order chi connectivity index (χ1) is 14.1. The predicted molar refractivity (Wildman–Crippen MR) is 107 cm³/mol. The van der Waals surface area contributed by atoms with Gasteiger partial charge in [-0.05, 0) is 37.5 Å². The van der Waals surface area contributed by atoms with Gasteiger partial charge in [0.15, 0.2) is 5.78 Å². The summed E-state index contributed by atoms with van der Waals surface area (Å²) in [5.74, 6) is 0.109. The van der Waals surface area contributed by atoms with Gasteiger partial charge < -0.3 is 4.90 Å². The van der Waals surface area contributed by atoms with Gasteiger partial charge in [0, 0.05) is 12.1 Å². The third-order valence-electron chi connectivity index (χ3n) is 5.06. The summed E-state index contributed by atoms with van der Waals surface area (Å²) in [7, 11) is 0. The molecule has 0 saturated carbocycles. The first-order valence-electron chi connectivity index (χ1n) is 9.77. The van der Waals surface area contributed by atoms with Gasteiger partial charge in [-0.25, -0.2) is 9.78 Å². The summed E-state index contributed by atoms with van der Waals surface area (Å²) in [4.78, 5) is 32.2. The molecule has 1 atom stereocenters. The molecule has 1 aliphatic heterocycles. The SMILES string of the molecule is Cc1cccc(C(=O)CN2C(=O)N(c3ccc(C(F)(F)F)nc3)C[C@@H]2CC(C)C)c1. The number of rotatable bonds is 6. The first kappa shape index (κ1) is 21.8. The number of anilines is 1. The van der Waals surface area contributed by atoms with Crippen LogP contribution >= 0.6 is 0 Å². The van der Waals surface area contributed by atoms with Gasteiger partial charge in [0.25, 0.3) is 0 Å². The van der Waals surface area contributed by atoms with E-state index in [2.05, 4.69) is 4.98 Å². The Hall–Kier alpha value is -2.90. The van der Waals surface area contributed by atoms with Gasteiger partial charge in [-0.3, -0.25) is 9.69 Å². The van der Waals surface area contributed by atoms with Crippen LogP contribution in [0.15, 0.2) is 42.6 Å². The monoisotopic (exact) mass is 419 g/mol. The lowest BCUT2D eigenvalue weighted by molar-refractivity contribution is -0.141. The largest absolute Gasteiger partial charge is 0.433 e. The molecule has 2 amide bonds. The second kappa shape index (κ2) is 8.45. The molecular weight excluding hydrogens is 395 g/mol. The lowest BCUT2D eigenvalue weighted by Crippen LogP contribution is -2.39. The van der Waals surface area contributed by atoms with Crippen molar-refractivity contribution in [3.8, 4) is 0 Å². The molecule has 8 heteroatoms. The van der Waals surface area contributed by atoms with Crippen LogP contribution < -0.4 is 4.90 Å². The molecule has 2 aromatic rings. The van der Waals surface area contributed by atoms with E-state index in [1.54, 1.807) is 18.2 Å². The number of hydrogen-bond acceptors (Lipinski definition) is 3. The number of amides is 2. The number of carbonyl (C=O) groups is 2. The lowest BCUT2D eigenvalue weighted by atomic mass is 10.0. The van der Waals surface area contributed by atoms with Crippen LogP contribution in [0, 0.1) is 12.8 Å². The lowest BCUT2D eigenvalue weighted by Gasteiger charge is -2.23. The minimum atomic E-state index is -4.54. The number of Topliss-reactive ketones (excluding diaryl/α,β-unsaturated/α-hetero) is 1. The van der Waals surface area contributed by atoms with E-state index in [-0.39, 0.29) is 30.0 Å². The van der Waals surface area contributed by atoms with E-state index >= 15 is 0 Å². The number of halogens is 3. The average Bonchev–Trinajstić information content (AvgIpc) is 2.96. The highest BCUT2D eigenvalue weighted by molar-refractivity contribution is 6.02. The number of carbonyl (C=O) groups excluding carboxylic acids is 2. The highest BCUT2D eigenvalue weighted by Gasteiger charge is 2.40. The zero-order valence-electron chi connectivity index (χ0n) is 17.1. The maximum Gasteiger partial charge on any atom is 0.433 e. The molecule has 30 heavy (non-hydrogen) atoms. The first-order valence-corrected chi connectivity index (χ1v) is 9.77. The number of urea groups is 1. The fraction of sp³-hybridized carbons (Fsp3) is 0.409. The molecule has 0 spiro atoms. The Bertz CT molecular complexity index is 926. The quantitative estimate of drug-likeness (QED) is 0.623. The summed E-state index contributed by atoms with van der Waals surface area (Å²) in [5.41, 5.74) is 0.751. The molecule has 5 nitrogen and oxygen atoms in total. The van der Waals surface area contributed by atoms with E-state index in [0.29, 0.717) is 18.5 Å². The summed E-state index contributed by atoms with van der Waals surface area (Å²) in [6.45, 7) is 6.15. The minimum Gasteiger partial charge on any atom is -0.312 e. The molecule has 1 aromatic heterocycles. The normalized spacial score (nSPS) is 17.2. The van der Waals surface area contributed by atoms with E-state index < -0.39 is 17.9 Å². The molecule has 1 aromatic carbocycles. The van der Waals surface area contributed by atoms with Crippen LogP contribution in [-0.4, -0.2) is 40.8 Å². The Kier molecular flexibility index (Phi) is 6.14. The third kappa shape index (κ3) is 4.80. The number of benzene rings is 1. The van der Waals surface area contributed by atoms with Crippen molar-refractivity contribution in [2.24, 2.45) is 5.92 Å². The number of ketones is 1. The van der Waals surface area contributed by atoms with Gasteiger partial charge in [-0.1, -0.05) is 37.6 Å². The molecule has 0 aliphatic carbocycles. The molecule has 0 unspecified atom stereocenters. The molecule has 1 fully saturated rings. The Morgan fingerprint density at radius 3 is 2.53 bits per heavy atom. The second-order valence-electron chi connectivity index (χ2n) is 8.00. The number of nitrogens with zero attached hydrogens (tertiary/aromatic N) is 3.